The Balaban J connectivity index is 0.00000114. The predicted molar refractivity (Wildman–Crippen MR) is 137 cm³/mol. The molecule has 1 aromatic heterocycles. The van der Waals surface area contributed by atoms with Crippen LogP contribution in [0.4, 0.5) is 11.4 Å². The Morgan fingerprint density at radius 3 is 1.22 bits per heavy atom. The van der Waals surface area contributed by atoms with Gasteiger partial charge in [-0.15, -0.1) is 0 Å². The van der Waals surface area contributed by atoms with Crippen LogP contribution in [0.1, 0.15) is 25.4 Å². The van der Waals surface area contributed by atoms with Crippen molar-refractivity contribution in [3.8, 4) is 0 Å². The number of nitrogens with zero attached hydrogens (tertiary/aromatic N) is 2. The van der Waals surface area contributed by atoms with Crippen LogP contribution in [0.3, 0.4) is 0 Å². The van der Waals surface area contributed by atoms with Gasteiger partial charge in [-0.05, 0) is 50.2 Å². The van der Waals surface area contributed by atoms with Crippen LogP contribution < -0.4 is 0 Å². The zero-order chi connectivity index (χ0) is 24.0. The third-order valence-corrected chi connectivity index (χ3v) is 5.43. The third kappa shape index (κ3) is 7.71. The molecule has 0 saturated carbocycles. The number of aliphatic imine (C=N–C) groups is 2. The van der Waals surface area contributed by atoms with Crippen molar-refractivity contribution in [2.75, 3.05) is 0 Å². The predicted octanol–water partition coefficient (Wildman–Crippen LogP) is 10.9. The van der Waals surface area contributed by atoms with E-state index in [2.05, 4.69) is 9.98 Å². The Morgan fingerprint density at radius 2 is 0.938 bits per heavy atom. The molecule has 0 atom stereocenters. The second-order valence-corrected chi connectivity index (χ2v) is 10.4. The van der Waals surface area contributed by atoms with Crippen LogP contribution in [0.2, 0.25) is 30.1 Å². The minimum absolute atomic E-state index is 0.194. The van der Waals surface area contributed by atoms with Gasteiger partial charge in [-0.25, -0.2) is 9.98 Å². The Labute approximate surface area is 230 Å². The van der Waals surface area contributed by atoms with Crippen molar-refractivity contribution < 1.29 is 17.6 Å². The molecule has 0 bridgehead atoms. The van der Waals surface area contributed by atoms with Gasteiger partial charge in [-0.1, -0.05) is 69.6 Å². The van der Waals surface area contributed by atoms with Gasteiger partial charge < -0.3 is 4.42 Å². The van der Waals surface area contributed by atoms with Crippen LogP contribution in [-0.2, 0) is 13.1 Å². The molecule has 0 radical (unpaired) electrons. The summed E-state index contributed by atoms with van der Waals surface area (Å²) in [6.45, 7) is 3.56. The molecule has 12 heteroatoms. The summed E-state index contributed by atoms with van der Waals surface area (Å²) in [5.74, 6) is 1.06. The zero-order valence-electron chi connectivity index (χ0n) is 16.1. The average Bonchev–Trinajstić information content (AvgIpc) is 3.18. The van der Waals surface area contributed by atoms with Gasteiger partial charge in [-0.3, -0.25) is 0 Å². The number of hydrogen-bond donors (Lipinski definition) is 0. The number of rotatable bonds is 4. The SMILES string of the molecule is CC(=Nc1c(Cl)cc(Cl)cc1Cl)c1ccc(C(C)=Nc2c(Cl)cc(Cl)cc2Cl)o1.[Cl][Fe][Cl]. The Hall–Kier alpha value is -0.101. The summed E-state index contributed by atoms with van der Waals surface area (Å²) in [7, 11) is 9.53. The summed E-state index contributed by atoms with van der Waals surface area (Å²) in [4.78, 5) is 8.94. The fourth-order valence-corrected chi connectivity index (χ4v) is 4.26. The first-order valence-electron chi connectivity index (χ1n) is 8.42. The molecular formula is C20H12Cl8FeN2O. The van der Waals surface area contributed by atoms with Gasteiger partial charge in [0.05, 0.1) is 31.5 Å². The Morgan fingerprint density at radius 1 is 0.656 bits per heavy atom. The summed E-state index contributed by atoms with van der Waals surface area (Å²) in [6, 6.07) is 9.85. The molecule has 1 heterocycles. The molecular weight excluding hydrogens is 624 g/mol. The van der Waals surface area contributed by atoms with Crippen molar-refractivity contribution in [2.45, 2.75) is 13.8 Å². The molecule has 0 spiro atoms. The summed E-state index contributed by atoms with van der Waals surface area (Å²) in [5, 5.41) is 2.25. The molecule has 0 aliphatic carbocycles. The summed E-state index contributed by atoms with van der Waals surface area (Å²) >= 11 is 36.8. The molecule has 0 aliphatic rings. The van der Waals surface area contributed by atoms with E-state index in [0.717, 1.165) is 0 Å². The maximum atomic E-state index is 6.19. The normalized spacial score (nSPS) is 12.1. The zero-order valence-corrected chi connectivity index (χ0v) is 23.3. The van der Waals surface area contributed by atoms with E-state index >= 15 is 0 Å². The standard InChI is InChI=1S/C20H12Cl6N2O.2ClH.Fe/c1-9(27-19-13(23)5-11(21)6-14(19)24)17-3-4-18(29-17)10(2)28-20-15(25)7-12(22)8-16(20)26;;;/h3-8H,1-2H3;2*1H;/q;;;+2/p-2. The monoisotopic (exact) mass is 632 g/mol. The Bertz CT molecular complexity index is 1040. The molecule has 3 nitrogen and oxygen atoms in total. The van der Waals surface area contributed by atoms with Gasteiger partial charge in [0.25, 0.3) is 0 Å². The van der Waals surface area contributed by atoms with E-state index in [1.54, 1.807) is 50.2 Å². The molecule has 0 fully saturated rings. The van der Waals surface area contributed by atoms with E-state index < -0.39 is 0 Å². The average molecular weight is 636 g/mol. The van der Waals surface area contributed by atoms with Crippen molar-refractivity contribution >= 4 is 113 Å². The Kier molecular flexibility index (Phi) is 11.5. The van der Waals surface area contributed by atoms with Crippen molar-refractivity contribution in [1.29, 1.82) is 0 Å². The number of furan rings is 1. The first kappa shape index (κ1) is 28.1. The molecule has 0 N–H and O–H groups in total. The van der Waals surface area contributed by atoms with Crippen molar-refractivity contribution in [3.63, 3.8) is 0 Å². The van der Waals surface area contributed by atoms with E-state index in [-0.39, 0.29) is 13.1 Å². The van der Waals surface area contributed by atoms with Crippen LogP contribution in [-0.4, -0.2) is 11.4 Å². The van der Waals surface area contributed by atoms with E-state index in [1.807, 2.05) is 0 Å². The molecule has 0 amide bonds. The van der Waals surface area contributed by atoms with Gasteiger partial charge in [0.1, 0.15) is 22.9 Å². The van der Waals surface area contributed by atoms with Crippen LogP contribution in [0, 0.1) is 0 Å². The minimum atomic E-state index is 0.194. The van der Waals surface area contributed by atoms with Crippen LogP contribution >= 0.6 is 89.8 Å². The molecule has 0 aliphatic heterocycles. The van der Waals surface area contributed by atoms with E-state index in [0.29, 0.717) is 64.5 Å². The van der Waals surface area contributed by atoms with Crippen LogP contribution in [0.5, 0.6) is 0 Å². The fraction of sp³-hybridized carbons (Fsp3) is 0.100. The third-order valence-electron chi connectivity index (χ3n) is 3.84. The first-order chi connectivity index (χ1) is 15.1. The molecule has 0 unspecified atom stereocenters. The second-order valence-electron chi connectivity index (χ2n) is 6.04. The van der Waals surface area contributed by atoms with Crippen molar-refractivity contribution in [3.05, 3.63) is 78.1 Å². The van der Waals surface area contributed by atoms with E-state index in [9.17, 15) is 0 Å². The quantitative estimate of drug-likeness (QED) is 0.208. The molecule has 32 heavy (non-hydrogen) atoms. The van der Waals surface area contributed by atoms with Crippen LogP contribution in [0.25, 0.3) is 0 Å². The number of hydrogen-bond acceptors (Lipinski definition) is 3. The van der Waals surface area contributed by atoms with Crippen molar-refractivity contribution in [1.82, 2.24) is 0 Å². The molecule has 2 aromatic carbocycles. The van der Waals surface area contributed by atoms with Gasteiger partial charge in [0.15, 0.2) is 0 Å². The fourth-order valence-electron chi connectivity index (χ4n) is 2.46. The molecule has 172 valence electrons. The van der Waals surface area contributed by atoms with Gasteiger partial charge >= 0.3 is 33.3 Å². The molecule has 3 aromatic rings. The summed E-state index contributed by atoms with van der Waals surface area (Å²) in [5.41, 5.74) is 1.99. The van der Waals surface area contributed by atoms with Gasteiger partial charge in [0.2, 0.25) is 0 Å². The molecule has 0 saturated heterocycles. The van der Waals surface area contributed by atoms with Gasteiger partial charge in [-0.2, -0.15) is 0 Å². The van der Waals surface area contributed by atoms with Crippen LogP contribution in [0.15, 0.2) is 50.8 Å². The molecule has 3 rings (SSSR count). The van der Waals surface area contributed by atoms with E-state index in [4.69, 9.17) is 94.2 Å². The topological polar surface area (TPSA) is 37.9 Å². The first-order valence-corrected chi connectivity index (χ1v) is 13.7. The second kappa shape index (κ2) is 13.1. The summed E-state index contributed by atoms with van der Waals surface area (Å²) < 4.78 is 5.87. The summed E-state index contributed by atoms with van der Waals surface area (Å²) in [6.07, 6.45) is 0. The van der Waals surface area contributed by atoms with Crippen molar-refractivity contribution in [2.24, 2.45) is 9.98 Å². The number of halogens is 8. The number of benzene rings is 2. The van der Waals surface area contributed by atoms with E-state index in [1.165, 1.54) is 0 Å². The maximum absolute atomic E-state index is 6.19. The van der Waals surface area contributed by atoms with Gasteiger partial charge in [0, 0.05) is 10.0 Å².